The highest BCUT2D eigenvalue weighted by atomic mass is 16.3. The van der Waals surface area contributed by atoms with Crippen LogP contribution in [0.5, 0.6) is 0 Å². The number of aliphatic hydroxyl groups is 3. The first-order chi connectivity index (χ1) is 8.31. The molecular weight excluding hydrogens is 216 g/mol. The lowest BCUT2D eigenvalue weighted by atomic mass is 10.1. The zero-order chi connectivity index (χ0) is 12.8. The van der Waals surface area contributed by atoms with Crippen molar-refractivity contribution in [3.8, 4) is 23.7 Å². The molecule has 0 heterocycles. The van der Waals surface area contributed by atoms with Gasteiger partial charge in [-0.2, -0.15) is 0 Å². The van der Waals surface area contributed by atoms with Crippen LogP contribution >= 0.6 is 0 Å². The molecule has 0 aromatic heterocycles. The van der Waals surface area contributed by atoms with Crippen molar-refractivity contribution >= 4 is 0 Å². The number of hydrogen-bond donors (Lipinski definition) is 3. The molecule has 0 aromatic carbocycles. The van der Waals surface area contributed by atoms with E-state index in [2.05, 4.69) is 23.7 Å². The number of rotatable bonds is 6. The molecule has 3 N–H and O–H groups in total. The third-order valence-electron chi connectivity index (χ3n) is 1.84. The van der Waals surface area contributed by atoms with Crippen molar-refractivity contribution < 1.29 is 15.3 Å². The summed E-state index contributed by atoms with van der Waals surface area (Å²) in [6.45, 7) is -0.000187. The lowest BCUT2D eigenvalue weighted by Gasteiger charge is -2.04. The first-order valence-corrected chi connectivity index (χ1v) is 5.52. The summed E-state index contributed by atoms with van der Waals surface area (Å²) in [6, 6.07) is 0. The van der Waals surface area contributed by atoms with Crippen LogP contribution in [0, 0.1) is 23.7 Å². The maximum absolute atomic E-state index is 9.29. The van der Waals surface area contributed by atoms with E-state index in [0.29, 0.717) is 12.8 Å². The Morgan fingerprint density at radius 1 is 0.941 bits per heavy atom. The molecule has 1 atom stereocenters. The van der Waals surface area contributed by atoms with E-state index in [-0.39, 0.29) is 13.2 Å². The van der Waals surface area contributed by atoms with Gasteiger partial charge in [-0.15, -0.1) is 0 Å². The van der Waals surface area contributed by atoms with Crippen LogP contribution in [0.25, 0.3) is 0 Å². The van der Waals surface area contributed by atoms with E-state index in [1.165, 1.54) is 6.08 Å². The van der Waals surface area contributed by atoms with Gasteiger partial charge in [0.25, 0.3) is 0 Å². The first kappa shape index (κ1) is 15.5. The maximum Gasteiger partial charge on any atom is 0.0621 e. The van der Waals surface area contributed by atoms with Crippen molar-refractivity contribution in [2.24, 2.45) is 0 Å². The van der Waals surface area contributed by atoms with Gasteiger partial charge >= 0.3 is 0 Å². The molecule has 3 nitrogen and oxygen atoms in total. The Bertz CT molecular complexity index is 347. The topological polar surface area (TPSA) is 60.7 Å². The number of hydrogen-bond acceptors (Lipinski definition) is 3. The third-order valence-corrected chi connectivity index (χ3v) is 1.84. The molecule has 0 aliphatic heterocycles. The summed E-state index contributed by atoms with van der Waals surface area (Å²) >= 11 is 0. The van der Waals surface area contributed by atoms with Crippen molar-refractivity contribution in [3.05, 3.63) is 24.3 Å². The largest absolute Gasteiger partial charge is 0.396 e. The molecule has 0 saturated carbocycles. The van der Waals surface area contributed by atoms with Crippen molar-refractivity contribution in [1.82, 2.24) is 0 Å². The van der Waals surface area contributed by atoms with Gasteiger partial charge in [0.2, 0.25) is 0 Å². The molecule has 0 aliphatic carbocycles. The molecule has 3 heteroatoms. The van der Waals surface area contributed by atoms with Crippen LogP contribution in [0.1, 0.15) is 19.3 Å². The second-order valence-corrected chi connectivity index (χ2v) is 3.27. The first-order valence-electron chi connectivity index (χ1n) is 5.52. The van der Waals surface area contributed by atoms with E-state index in [1.54, 1.807) is 12.2 Å². The van der Waals surface area contributed by atoms with E-state index in [4.69, 9.17) is 10.2 Å². The van der Waals surface area contributed by atoms with Gasteiger partial charge in [0, 0.05) is 6.61 Å². The fourth-order valence-electron chi connectivity index (χ4n) is 0.991. The highest BCUT2D eigenvalue weighted by Gasteiger charge is 1.99. The van der Waals surface area contributed by atoms with Crippen LogP contribution in [0.4, 0.5) is 0 Å². The summed E-state index contributed by atoms with van der Waals surface area (Å²) < 4.78 is 0. The van der Waals surface area contributed by atoms with E-state index >= 15 is 0 Å². The molecule has 0 unspecified atom stereocenters. The molecule has 0 spiro atoms. The lowest BCUT2D eigenvalue weighted by molar-refractivity contribution is 0.126. The summed E-state index contributed by atoms with van der Waals surface area (Å²) in [5, 5.41) is 26.3. The molecule has 0 rings (SSSR count). The van der Waals surface area contributed by atoms with Gasteiger partial charge in [0.15, 0.2) is 0 Å². The van der Waals surface area contributed by atoms with Gasteiger partial charge in [-0.05, 0) is 43.3 Å². The normalized spacial score (nSPS) is 11.9. The maximum atomic E-state index is 9.29. The van der Waals surface area contributed by atoms with E-state index in [0.717, 1.165) is 6.42 Å². The average Bonchev–Trinajstić information content (AvgIpc) is 2.32. The predicted octanol–water partition coefficient (Wildman–Crippen LogP) is 0.621. The molecule has 0 aliphatic rings. The molecule has 17 heavy (non-hydrogen) atoms. The van der Waals surface area contributed by atoms with Gasteiger partial charge in [-0.25, -0.2) is 0 Å². The molecule has 0 amide bonds. The standard InChI is InChI=1S/C14H18O3/c15-12-9-7-5-3-1-2-4-6-8-10-14(17)11-13-16/h4,6-7,9,14-17H,8,10-13H2/b6-4+,9-7+/t14-/m1/s1. The van der Waals surface area contributed by atoms with Gasteiger partial charge in [-0.1, -0.05) is 24.0 Å². The second kappa shape index (κ2) is 12.5. The van der Waals surface area contributed by atoms with Crippen molar-refractivity contribution in [2.45, 2.75) is 25.4 Å². The van der Waals surface area contributed by atoms with Gasteiger partial charge < -0.3 is 15.3 Å². The molecule has 0 aromatic rings. The fourth-order valence-corrected chi connectivity index (χ4v) is 0.991. The Labute approximate surface area is 102 Å². The fraction of sp³-hybridized carbons (Fsp3) is 0.429. The van der Waals surface area contributed by atoms with Gasteiger partial charge in [0.1, 0.15) is 0 Å². The number of allylic oxidation sites excluding steroid dienone is 3. The Kier molecular flexibility index (Phi) is 11.4. The molecule has 0 bridgehead atoms. The average molecular weight is 234 g/mol. The lowest BCUT2D eigenvalue weighted by Crippen LogP contribution is -2.07. The summed E-state index contributed by atoms with van der Waals surface area (Å²) in [5.74, 6) is 10.6. The third kappa shape index (κ3) is 12.4. The number of aliphatic hydroxyl groups excluding tert-OH is 3. The minimum Gasteiger partial charge on any atom is -0.396 e. The minimum absolute atomic E-state index is 0.0155. The van der Waals surface area contributed by atoms with Crippen LogP contribution in [-0.4, -0.2) is 34.6 Å². The Balaban J connectivity index is 3.69. The zero-order valence-electron chi connectivity index (χ0n) is 9.76. The molecule has 0 fully saturated rings. The summed E-state index contributed by atoms with van der Waals surface area (Å²) in [5.41, 5.74) is 0. The highest BCUT2D eigenvalue weighted by Crippen LogP contribution is 2.01. The Morgan fingerprint density at radius 2 is 1.59 bits per heavy atom. The zero-order valence-corrected chi connectivity index (χ0v) is 9.76. The minimum atomic E-state index is -0.444. The van der Waals surface area contributed by atoms with Crippen LogP contribution in [-0.2, 0) is 0 Å². The summed E-state index contributed by atoms with van der Waals surface area (Å²) in [6.07, 6.45) is 7.96. The van der Waals surface area contributed by atoms with Crippen LogP contribution in [0.15, 0.2) is 24.3 Å². The Morgan fingerprint density at radius 3 is 2.18 bits per heavy atom. The second-order valence-electron chi connectivity index (χ2n) is 3.27. The van der Waals surface area contributed by atoms with Crippen molar-refractivity contribution in [1.29, 1.82) is 0 Å². The molecular formula is C14H18O3. The molecule has 0 saturated heterocycles. The SMILES string of the molecule is OC/C=C/C#CC#C/C=C/CC[C@@H](O)CCO. The van der Waals surface area contributed by atoms with Crippen molar-refractivity contribution in [2.75, 3.05) is 13.2 Å². The Hall–Kier alpha value is -1.52. The van der Waals surface area contributed by atoms with Crippen LogP contribution in [0.3, 0.4) is 0 Å². The van der Waals surface area contributed by atoms with E-state index < -0.39 is 6.10 Å². The van der Waals surface area contributed by atoms with Gasteiger partial charge in [-0.3, -0.25) is 0 Å². The summed E-state index contributed by atoms with van der Waals surface area (Å²) in [4.78, 5) is 0. The molecule has 92 valence electrons. The van der Waals surface area contributed by atoms with Crippen molar-refractivity contribution in [3.63, 3.8) is 0 Å². The van der Waals surface area contributed by atoms with Crippen LogP contribution < -0.4 is 0 Å². The van der Waals surface area contributed by atoms with Crippen LogP contribution in [0.2, 0.25) is 0 Å². The quantitative estimate of drug-likeness (QED) is 0.590. The van der Waals surface area contributed by atoms with Gasteiger partial charge in [0.05, 0.1) is 12.7 Å². The molecule has 0 radical (unpaired) electrons. The predicted molar refractivity (Wildman–Crippen MR) is 67.9 cm³/mol. The monoisotopic (exact) mass is 234 g/mol. The smallest absolute Gasteiger partial charge is 0.0621 e. The summed E-state index contributed by atoms with van der Waals surface area (Å²) in [7, 11) is 0. The highest BCUT2D eigenvalue weighted by molar-refractivity contribution is 5.33. The van der Waals surface area contributed by atoms with E-state index in [1.807, 2.05) is 6.08 Å². The van der Waals surface area contributed by atoms with E-state index in [9.17, 15) is 5.11 Å².